The van der Waals surface area contributed by atoms with Crippen molar-refractivity contribution in [2.24, 2.45) is 0 Å². The highest BCUT2D eigenvalue weighted by atomic mass is 32.2. The number of hydrogen-bond acceptors (Lipinski definition) is 6. The van der Waals surface area contributed by atoms with Crippen molar-refractivity contribution >= 4 is 32.7 Å². The Kier molecular flexibility index (Phi) is 5.68. The van der Waals surface area contributed by atoms with Gasteiger partial charge in [0.05, 0.1) is 35.1 Å². The Labute approximate surface area is 215 Å². The van der Waals surface area contributed by atoms with Gasteiger partial charge in [0.1, 0.15) is 11.6 Å². The monoisotopic (exact) mass is 519 g/mol. The van der Waals surface area contributed by atoms with E-state index in [1.165, 1.54) is 10.6 Å². The van der Waals surface area contributed by atoms with E-state index in [1.807, 2.05) is 67.3 Å². The Balaban J connectivity index is 1.51. The van der Waals surface area contributed by atoms with Crippen LogP contribution in [-0.2, 0) is 14.8 Å². The van der Waals surface area contributed by atoms with Gasteiger partial charge in [-0.15, -0.1) is 0 Å². The number of aryl methyl sites for hydroxylation is 2. The lowest BCUT2D eigenvalue weighted by atomic mass is 10.0. The zero-order chi connectivity index (χ0) is 25.9. The van der Waals surface area contributed by atoms with Crippen LogP contribution < -0.4 is 4.90 Å². The van der Waals surface area contributed by atoms with Crippen molar-refractivity contribution < 1.29 is 17.7 Å². The van der Waals surface area contributed by atoms with Crippen LogP contribution in [0.3, 0.4) is 0 Å². The van der Waals surface area contributed by atoms with E-state index in [0.29, 0.717) is 32.4 Å². The summed E-state index contributed by atoms with van der Waals surface area (Å²) in [5, 5.41) is 4.10. The first-order chi connectivity index (χ1) is 17.7. The first-order valence-corrected chi connectivity index (χ1v) is 14.3. The summed E-state index contributed by atoms with van der Waals surface area (Å²) in [7, 11) is -3.30. The molecule has 0 unspecified atom stereocenters. The molecule has 4 heterocycles. The summed E-state index contributed by atoms with van der Waals surface area (Å²) in [5.74, 6) is 1.60. The Morgan fingerprint density at radius 2 is 1.84 bits per heavy atom. The fraction of sp³-hybridized carbons (Fsp3) is 0.370. The van der Waals surface area contributed by atoms with Crippen molar-refractivity contribution in [3.8, 4) is 11.1 Å². The first kappa shape index (κ1) is 23.9. The highest BCUT2D eigenvalue weighted by Crippen LogP contribution is 2.41. The second-order valence-corrected chi connectivity index (χ2v) is 11.9. The van der Waals surface area contributed by atoms with Crippen LogP contribution in [-0.4, -0.2) is 52.7 Å². The van der Waals surface area contributed by atoms with Crippen LogP contribution >= 0.6 is 0 Å². The van der Waals surface area contributed by atoms with Gasteiger partial charge in [0.2, 0.25) is 15.9 Å². The lowest BCUT2D eigenvalue weighted by Gasteiger charge is -2.27. The van der Waals surface area contributed by atoms with Gasteiger partial charge >= 0.3 is 0 Å². The number of para-hydroxylation sites is 1. The maximum Gasteiger partial charge on any atom is 0.227 e. The van der Waals surface area contributed by atoms with Gasteiger partial charge in [-0.3, -0.25) is 4.79 Å². The van der Waals surface area contributed by atoms with Gasteiger partial charge in [-0.2, -0.15) is 0 Å². The Morgan fingerprint density at radius 1 is 1.05 bits per heavy atom. The molecule has 2 atom stereocenters. The largest absolute Gasteiger partial charge is 0.361 e. The molecule has 192 valence electrons. The molecule has 0 N–H and O–H groups in total. The number of nitrogens with zero attached hydrogens (tertiary/aromatic N) is 5. The second-order valence-electron chi connectivity index (χ2n) is 9.96. The van der Waals surface area contributed by atoms with E-state index in [0.717, 1.165) is 45.1 Å². The highest BCUT2D eigenvalue weighted by Gasteiger charge is 2.39. The molecule has 2 saturated heterocycles. The smallest absolute Gasteiger partial charge is 0.227 e. The number of carbonyl (C=O) groups excluding carboxylic acids is 1. The van der Waals surface area contributed by atoms with E-state index in [2.05, 4.69) is 9.72 Å². The molecule has 37 heavy (non-hydrogen) atoms. The van der Waals surface area contributed by atoms with E-state index >= 15 is 0 Å². The quantitative estimate of drug-likeness (QED) is 0.388. The number of anilines is 1. The molecule has 1 amide bonds. The van der Waals surface area contributed by atoms with Crippen LogP contribution in [0.5, 0.6) is 0 Å². The average Bonchev–Trinajstić information content (AvgIpc) is 3.64. The summed E-state index contributed by atoms with van der Waals surface area (Å²) in [6, 6.07) is 15.5. The molecule has 2 aliphatic heterocycles. The number of aromatic nitrogens is 3. The molecule has 0 radical (unpaired) electrons. The molecule has 2 aromatic carbocycles. The SMILES string of the molecule is Cc1noc(C)c1-c1ccc2c(c1)nc([C@@H]1CCC(=O)N1c1ccccc1)n2[C@@H]1CCN(S(C)(=O)=O)C1. The number of rotatable bonds is 5. The lowest BCUT2D eigenvalue weighted by molar-refractivity contribution is -0.117. The summed E-state index contributed by atoms with van der Waals surface area (Å²) in [5.41, 5.74) is 5.30. The number of hydrogen-bond donors (Lipinski definition) is 0. The van der Waals surface area contributed by atoms with Crippen LogP contribution in [0.4, 0.5) is 5.69 Å². The summed E-state index contributed by atoms with van der Waals surface area (Å²) in [4.78, 5) is 20.0. The van der Waals surface area contributed by atoms with Crippen molar-refractivity contribution in [1.29, 1.82) is 0 Å². The Hall–Kier alpha value is -3.50. The van der Waals surface area contributed by atoms with Crippen LogP contribution in [0.15, 0.2) is 53.1 Å². The van der Waals surface area contributed by atoms with Crippen LogP contribution in [0.2, 0.25) is 0 Å². The first-order valence-electron chi connectivity index (χ1n) is 12.5. The minimum atomic E-state index is -3.30. The molecule has 4 aromatic rings. The van der Waals surface area contributed by atoms with Gasteiger partial charge in [-0.05, 0) is 56.5 Å². The standard InChI is InChI=1S/C27H29N5O4S/c1-17-26(18(2)36-29-17)19-9-10-23-22(15-19)28-27(32(23)21-13-14-30(16-21)37(3,34)35)24-11-12-25(33)31(24)20-7-5-4-6-8-20/h4-10,15,21,24H,11-14,16H2,1-3H3/t21-,24+/m1/s1. The van der Waals surface area contributed by atoms with E-state index in [4.69, 9.17) is 9.51 Å². The fourth-order valence-electron chi connectivity index (χ4n) is 5.85. The molecule has 10 heteroatoms. The number of sulfonamides is 1. The van der Waals surface area contributed by atoms with Gasteiger partial charge in [0.15, 0.2) is 0 Å². The zero-order valence-corrected chi connectivity index (χ0v) is 21.9. The van der Waals surface area contributed by atoms with Crippen molar-refractivity contribution in [2.75, 3.05) is 24.2 Å². The van der Waals surface area contributed by atoms with Crippen molar-refractivity contribution in [1.82, 2.24) is 19.0 Å². The van der Waals surface area contributed by atoms with E-state index in [1.54, 1.807) is 0 Å². The Bertz CT molecular complexity index is 1590. The summed E-state index contributed by atoms with van der Waals surface area (Å²) < 4.78 is 33.7. The molecule has 2 aliphatic rings. The third kappa shape index (κ3) is 4.04. The molecule has 6 rings (SSSR count). The molecular formula is C27H29N5O4S. The van der Waals surface area contributed by atoms with Crippen LogP contribution in [0, 0.1) is 13.8 Å². The summed E-state index contributed by atoms with van der Waals surface area (Å²) >= 11 is 0. The summed E-state index contributed by atoms with van der Waals surface area (Å²) in [6.07, 6.45) is 3.03. The maximum absolute atomic E-state index is 13.1. The van der Waals surface area contributed by atoms with E-state index in [-0.39, 0.29) is 18.0 Å². The van der Waals surface area contributed by atoms with Gasteiger partial charge in [-0.25, -0.2) is 17.7 Å². The maximum atomic E-state index is 13.1. The van der Waals surface area contributed by atoms with Crippen molar-refractivity contribution in [3.63, 3.8) is 0 Å². The molecule has 2 aromatic heterocycles. The second kappa shape index (κ2) is 8.81. The molecule has 0 bridgehead atoms. The van der Waals surface area contributed by atoms with Gasteiger partial charge in [0.25, 0.3) is 0 Å². The minimum absolute atomic E-state index is 0.0652. The van der Waals surface area contributed by atoms with Crippen LogP contribution in [0.1, 0.15) is 48.6 Å². The molecule has 0 saturated carbocycles. The lowest BCUT2D eigenvalue weighted by Crippen LogP contribution is -2.31. The normalized spacial score (nSPS) is 20.9. The topological polar surface area (TPSA) is 102 Å². The van der Waals surface area contributed by atoms with Crippen molar-refractivity contribution in [3.05, 3.63) is 65.8 Å². The van der Waals surface area contributed by atoms with Gasteiger partial charge in [0, 0.05) is 30.8 Å². The predicted molar refractivity (Wildman–Crippen MR) is 141 cm³/mol. The number of amides is 1. The molecular weight excluding hydrogens is 490 g/mol. The molecule has 0 spiro atoms. The number of carbonyl (C=O) groups is 1. The van der Waals surface area contributed by atoms with E-state index in [9.17, 15) is 13.2 Å². The van der Waals surface area contributed by atoms with Crippen molar-refractivity contribution in [2.45, 2.75) is 45.2 Å². The van der Waals surface area contributed by atoms with Crippen LogP contribution in [0.25, 0.3) is 22.2 Å². The number of benzene rings is 2. The minimum Gasteiger partial charge on any atom is -0.361 e. The third-order valence-electron chi connectivity index (χ3n) is 7.54. The molecule has 9 nitrogen and oxygen atoms in total. The number of fused-ring (bicyclic) bond motifs is 1. The number of imidazole rings is 1. The predicted octanol–water partition coefficient (Wildman–Crippen LogP) is 4.38. The fourth-order valence-corrected chi connectivity index (χ4v) is 6.73. The van der Waals surface area contributed by atoms with Gasteiger partial charge in [-0.1, -0.05) is 29.4 Å². The third-order valence-corrected chi connectivity index (χ3v) is 8.81. The molecule has 0 aliphatic carbocycles. The van der Waals surface area contributed by atoms with Gasteiger partial charge < -0.3 is 14.0 Å². The highest BCUT2D eigenvalue weighted by molar-refractivity contribution is 7.88. The zero-order valence-electron chi connectivity index (χ0n) is 21.1. The van der Waals surface area contributed by atoms with E-state index < -0.39 is 10.0 Å². The Morgan fingerprint density at radius 3 is 2.51 bits per heavy atom. The molecule has 2 fully saturated rings. The summed E-state index contributed by atoms with van der Waals surface area (Å²) in [6.45, 7) is 4.66. The average molecular weight is 520 g/mol.